The van der Waals surface area contributed by atoms with Gasteiger partial charge in [-0.15, -0.1) is 0 Å². The lowest BCUT2D eigenvalue weighted by atomic mass is 9.79. The third-order valence-electron chi connectivity index (χ3n) is 5.04. The minimum Gasteiger partial charge on any atom is -0.464 e. The molecule has 2 atom stereocenters. The molecule has 3 rings (SSSR count). The standard InChI is InChI=1S/C18H21NO4/c1-2-23-17(22)18-10-8-16(21)19(18)11-9-14(18)12-15(20)13-6-4-3-5-7-13/h3-7,14H,2,8-12H2,1H3/t14-,18-/m1/s1. The molecule has 0 aliphatic carbocycles. The van der Waals surface area contributed by atoms with E-state index in [1.807, 2.05) is 18.2 Å². The van der Waals surface area contributed by atoms with Crippen molar-refractivity contribution in [2.75, 3.05) is 13.2 Å². The van der Waals surface area contributed by atoms with E-state index in [-0.39, 0.29) is 36.6 Å². The third kappa shape index (κ3) is 2.54. The van der Waals surface area contributed by atoms with Crippen LogP contribution >= 0.6 is 0 Å². The van der Waals surface area contributed by atoms with Crippen molar-refractivity contribution in [2.45, 2.75) is 38.1 Å². The van der Waals surface area contributed by atoms with Crippen LogP contribution in [0.3, 0.4) is 0 Å². The molecule has 0 N–H and O–H groups in total. The summed E-state index contributed by atoms with van der Waals surface area (Å²) in [7, 11) is 0. The van der Waals surface area contributed by atoms with Gasteiger partial charge in [-0.05, 0) is 19.8 Å². The molecule has 0 bridgehead atoms. The van der Waals surface area contributed by atoms with Crippen molar-refractivity contribution in [3.8, 4) is 0 Å². The maximum absolute atomic E-state index is 12.6. The number of hydrogen-bond acceptors (Lipinski definition) is 4. The maximum atomic E-state index is 12.6. The number of carbonyl (C=O) groups is 3. The monoisotopic (exact) mass is 315 g/mol. The molecule has 0 spiro atoms. The van der Waals surface area contributed by atoms with Gasteiger partial charge < -0.3 is 9.64 Å². The van der Waals surface area contributed by atoms with Crippen LogP contribution in [0.4, 0.5) is 0 Å². The molecule has 2 aliphatic heterocycles. The Labute approximate surface area is 135 Å². The SMILES string of the molecule is CCOC(=O)[C@]12CCC(=O)N1CC[C@@H]2CC(=O)c1ccccc1. The summed E-state index contributed by atoms with van der Waals surface area (Å²) in [6.45, 7) is 2.57. The largest absolute Gasteiger partial charge is 0.464 e. The number of esters is 1. The first-order valence-corrected chi connectivity index (χ1v) is 8.15. The van der Waals surface area contributed by atoms with Crippen molar-refractivity contribution >= 4 is 17.7 Å². The second-order valence-corrected chi connectivity index (χ2v) is 6.17. The number of fused-ring (bicyclic) bond motifs is 1. The molecule has 1 aromatic rings. The van der Waals surface area contributed by atoms with Gasteiger partial charge in [0, 0.05) is 30.9 Å². The molecule has 122 valence electrons. The summed E-state index contributed by atoms with van der Waals surface area (Å²) in [5.41, 5.74) is -0.286. The van der Waals surface area contributed by atoms with E-state index in [0.717, 1.165) is 0 Å². The number of Topliss-reactive ketones (excluding diaryl/α,β-unsaturated/α-hetero) is 1. The Hall–Kier alpha value is -2.17. The van der Waals surface area contributed by atoms with E-state index >= 15 is 0 Å². The van der Waals surface area contributed by atoms with Crippen LogP contribution in [-0.2, 0) is 14.3 Å². The highest BCUT2D eigenvalue weighted by Gasteiger charge is 2.60. The summed E-state index contributed by atoms with van der Waals surface area (Å²) < 4.78 is 5.25. The van der Waals surface area contributed by atoms with Gasteiger partial charge in [-0.3, -0.25) is 9.59 Å². The van der Waals surface area contributed by atoms with Gasteiger partial charge >= 0.3 is 5.97 Å². The minimum absolute atomic E-state index is 0.00675. The maximum Gasteiger partial charge on any atom is 0.332 e. The van der Waals surface area contributed by atoms with Crippen LogP contribution in [0.25, 0.3) is 0 Å². The molecule has 0 radical (unpaired) electrons. The summed E-state index contributed by atoms with van der Waals surface area (Å²) in [6, 6.07) is 9.09. The number of hydrogen-bond donors (Lipinski definition) is 0. The predicted octanol–water partition coefficient (Wildman–Crippen LogP) is 2.20. The fraction of sp³-hybridized carbons (Fsp3) is 0.500. The molecule has 5 heteroatoms. The van der Waals surface area contributed by atoms with E-state index in [4.69, 9.17) is 4.74 Å². The zero-order chi connectivity index (χ0) is 16.4. The molecule has 2 aliphatic rings. The molecule has 2 heterocycles. The van der Waals surface area contributed by atoms with Crippen LogP contribution in [0.15, 0.2) is 30.3 Å². The van der Waals surface area contributed by atoms with Gasteiger partial charge in [0.05, 0.1) is 6.61 Å². The van der Waals surface area contributed by atoms with Gasteiger partial charge in [-0.2, -0.15) is 0 Å². The topological polar surface area (TPSA) is 63.7 Å². The van der Waals surface area contributed by atoms with Gasteiger partial charge in [0.15, 0.2) is 5.78 Å². The quantitative estimate of drug-likeness (QED) is 0.617. The van der Waals surface area contributed by atoms with Crippen molar-refractivity contribution < 1.29 is 19.1 Å². The number of benzene rings is 1. The van der Waals surface area contributed by atoms with E-state index in [0.29, 0.717) is 31.4 Å². The molecule has 2 fully saturated rings. The van der Waals surface area contributed by atoms with Gasteiger partial charge in [-0.1, -0.05) is 30.3 Å². The first kappa shape index (κ1) is 15.7. The van der Waals surface area contributed by atoms with Crippen LogP contribution < -0.4 is 0 Å². The Bertz CT molecular complexity index is 627. The molecule has 0 aromatic heterocycles. The summed E-state index contributed by atoms with van der Waals surface area (Å²) in [6.07, 6.45) is 1.75. The lowest BCUT2D eigenvalue weighted by Gasteiger charge is -2.34. The Morgan fingerprint density at radius 2 is 2.04 bits per heavy atom. The molecular formula is C18H21NO4. The van der Waals surface area contributed by atoms with Crippen LogP contribution in [0.1, 0.15) is 43.0 Å². The van der Waals surface area contributed by atoms with E-state index < -0.39 is 5.54 Å². The average molecular weight is 315 g/mol. The molecule has 2 saturated heterocycles. The summed E-state index contributed by atoms with van der Waals surface area (Å²) >= 11 is 0. The number of rotatable bonds is 5. The van der Waals surface area contributed by atoms with Crippen LogP contribution in [0.5, 0.6) is 0 Å². The Balaban J connectivity index is 1.85. The Kier molecular flexibility index (Phi) is 4.20. The summed E-state index contributed by atoms with van der Waals surface area (Å²) in [4.78, 5) is 38.9. The van der Waals surface area contributed by atoms with Gasteiger partial charge in [0.1, 0.15) is 5.54 Å². The van der Waals surface area contributed by atoms with Crippen molar-refractivity contribution in [3.05, 3.63) is 35.9 Å². The number of carbonyl (C=O) groups excluding carboxylic acids is 3. The first-order valence-electron chi connectivity index (χ1n) is 8.15. The minimum atomic E-state index is -0.933. The number of nitrogens with zero attached hydrogens (tertiary/aromatic N) is 1. The number of ether oxygens (including phenoxy) is 1. The predicted molar refractivity (Wildman–Crippen MR) is 83.8 cm³/mol. The van der Waals surface area contributed by atoms with Gasteiger partial charge in [0.2, 0.25) is 5.91 Å². The average Bonchev–Trinajstić information content (AvgIpc) is 3.09. The zero-order valence-corrected chi connectivity index (χ0v) is 13.3. The van der Waals surface area contributed by atoms with Crippen LogP contribution in [0, 0.1) is 5.92 Å². The van der Waals surface area contributed by atoms with Crippen molar-refractivity contribution in [1.82, 2.24) is 4.90 Å². The van der Waals surface area contributed by atoms with E-state index in [2.05, 4.69) is 0 Å². The molecule has 1 aromatic carbocycles. The first-order chi connectivity index (χ1) is 11.1. The van der Waals surface area contributed by atoms with Crippen molar-refractivity contribution in [3.63, 3.8) is 0 Å². The van der Waals surface area contributed by atoms with Crippen LogP contribution in [-0.4, -0.2) is 41.3 Å². The highest BCUT2D eigenvalue weighted by molar-refractivity contribution is 5.98. The molecule has 0 unspecified atom stereocenters. The molecule has 1 amide bonds. The lowest BCUT2D eigenvalue weighted by molar-refractivity contribution is -0.159. The molecular weight excluding hydrogens is 294 g/mol. The summed E-state index contributed by atoms with van der Waals surface area (Å²) in [5, 5.41) is 0. The zero-order valence-electron chi connectivity index (χ0n) is 13.3. The summed E-state index contributed by atoms with van der Waals surface area (Å²) in [5.74, 6) is -0.511. The third-order valence-corrected chi connectivity index (χ3v) is 5.04. The Morgan fingerprint density at radius 3 is 2.74 bits per heavy atom. The molecule has 23 heavy (non-hydrogen) atoms. The fourth-order valence-corrected chi connectivity index (χ4v) is 3.93. The highest BCUT2D eigenvalue weighted by atomic mass is 16.5. The van der Waals surface area contributed by atoms with Crippen molar-refractivity contribution in [2.24, 2.45) is 5.92 Å². The second kappa shape index (κ2) is 6.14. The van der Waals surface area contributed by atoms with E-state index in [9.17, 15) is 14.4 Å². The number of amides is 1. The van der Waals surface area contributed by atoms with Gasteiger partial charge in [-0.25, -0.2) is 4.79 Å². The highest BCUT2D eigenvalue weighted by Crippen LogP contribution is 2.46. The normalized spacial score (nSPS) is 26.2. The number of ketones is 1. The lowest BCUT2D eigenvalue weighted by Crippen LogP contribution is -2.52. The van der Waals surface area contributed by atoms with Crippen LogP contribution in [0.2, 0.25) is 0 Å². The van der Waals surface area contributed by atoms with E-state index in [1.165, 1.54) is 0 Å². The fourth-order valence-electron chi connectivity index (χ4n) is 3.93. The molecule has 0 saturated carbocycles. The Morgan fingerprint density at radius 1 is 1.30 bits per heavy atom. The smallest absolute Gasteiger partial charge is 0.332 e. The van der Waals surface area contributed by atoms with Crippen molar-refractivity contribution in [1.29, 1.82) is 0 Å². The van der Waals surface area contributed by atoms with Gasteiger partial charge in [0.25, 0.3) is 0 Å². The second-order valence-electron chi connectivity index (χ2n) is 6.17. The molecule has 5 nitrogen and oxygen atoms in total. The van der Waals surface area contributed by atoms with E-state index in [1.54, 1.807) is 24.0 Å².